The van der Waals surface area contributed by atoms with Crippen molar-refractivity contribution in [1.29, 1.82) is 0 Å². The highest BCUT2D eigenvalue weighted by Crippen LogP contribution is 2.72. The van der Waals surface area contributed by atoms with Crippen molar-refractivity contribution in [1.82, 2.24) is 25.3 Å². The molecule has 0 saturated heterocycles. The molecular formula is C12H13N5O. The van der Waals surface area contributed by atoms with E-state index in [1.165, 1.54) is 25.6 Å². The number of aromatic nitrogens is 5. The molecule has 0 radical (unpaired) electrons. The Morgan fingerprint density at radius 2 is 2.06 bits per heavy atom. The molecule has 3 fully saturated rings. The molecule has 5 rings (SSSR count). The van der Waals surface area contributed by atoms with Gasteiger partial charge in [-0.3, -0.25) is 5.10 Å². The third kappa shape index (κ3) is 1.04. The lowest BCUT2D eigenvalue weighted by atomic mass is 10.0. The van der Waals surface area contributed by atoms with Gasteiger partial charge in [-0.2, -0.15) is 10.1 Å². The first-order chi connectivity index (χ1) is 8.92. The van der Waals surface area contributed by atoms with Crippen molar-refractivity contribution in [2.24, 2.45) is 23.7 Å². The van der Waals surface area contributed by atoms with Crippen molar-refractivity contribution in [3.63, 3.8) is 0 Å². The van der Waals surface area contributed by atoms with Crippen LogP contribution in [0, 0.1) is 23.7 Å². The molecule has 0 amide bonds. The van der Waals surface area contributed by atoms with Crippen LogP contribution in [-0.4, -0.2) is 25.3 Å². The third-order valence-electron chi connectivity index (χ3n) is 5.09. The second-order valence-corrected chi connectivity index (χ2v) is 5.80. The van der Waals surface area contributed by atoms with Gasteiger partial charge in [0, 0.05) is 5.92 Å². The fourth-order valence-corrected chi connectivity index (χ4v) is 4.44. The van der Waals surface area contributed by atoms with E-state index < -0.39 is 0 Å². The van der Waals surface area contributed by atoms with Gasteiger partial charge in [0.2, 0.25) is 11.7 Å². The number of rotatable bonds is 2. The largest absolute Gasteiger partial charge is 0.339 e. The first kappa shape index (κ1) is 9.24. The molecule has 4 atom stereocenters. The van der Waals surface area contributed by atoms with Gasteiger partial charge in [0.05, 0.1) is 0 Å². The van der Waals surface area contributed by atoms with Crippen LogP contribution in [0.1, 0.15) is 31.1 Å². The molecule has 3 aliphatic rings. The molecule has 1 N–H and O–H groups in total. The van der Waals surface area contributed by atoms with Crippen molar-refractivity contribution in [3.05, 3.63) is 12.2 Å². The Hall–Kier alpha value is -1.72. The molecule has 2 bridgehead atoms. The highest BCUT2D eigenvalue weighted by molar-refractivity contribution is 5.40. The SMILES string of the molecule is c1n[nH]c(-c2noc(C3C4C5CCC(C5)C34)n2)n1. The first-order valence-corrected chi connectivity index (χ1v) is 6.61. The normalized spacial score (nSPS) is 40.1. The fraction of sp³-hybridized carbons (Fsp3) is 0.667. The summed E-state index contributed by atoms with van der Waals surface area (Å²) in [5.74, 6) is 5.95. The molecule has 92 valence electrons. The molecule has 3 saturated carbocycles. The van der Waals surface area contributed by atoms with Crippen molar-refractivity contribution < 1.29 is 4.52 Å². The third-order valence-corrected chi connectivity index (χ3v) is 5.09. The Kier molecular flexibility index (Phi) is 1.54. The summed E-state index contributed by atoms with van der Waals surface area (Å²) in [7, 11) is 0. The van der Waals surface area contributed by atoms with Crippen LogP contribution in [0.5, 0.6) is 0 Å². The zero-order valence-corrected chi connectivity index (χ0v) is 9.78. The van der Waals surface area contributed by atoms with E-state index in [4.69, 9.17) is 4.52 Å². The van der Waals surface area contributed by atoms with E-state index >= 15 is 0 Å². The molecule has 2 heterocycles. The van der Waals surface area contributed by atoms with Gasteiger partial charge in [-0.25, -0.2) is 4.98 Å². The summed E-state index contributed by atoms with van der Waals surface area (Å²) in [5.41, 5.74) is 0. The van der Waals surface area contributed by atoms with Gasteiger partial charge in [-0.05, 0) is 42.9 Å². The molecule has 0 aliphatic heterocycles. The molecular weight excluding hydrogens is 230 g/mol. The lowest BCUT2D eigenvalue weighted by molar-refractivity contribution is 0.356. The van der Waals surface area contributed by atoms with E-state index in [0.717, 1.165) is 29.6 Å². The van der Waals surface area contributed by atoms with Crippen LogP contribution in [-0.2, 0) is 0 Å². The monoisotopic (exact) mass is 243 g/mol. The molecule has 4 unspecified atom stereocenters. The number of fused-ring (bicyclic) bond motifs is 5. The summed E-state index contributed by atoms with van der Waals surface area (Å²) in [6, 6.07) is 0. The van der Waals surface area contributed by atoms with Crippen molar-refractivity contribution in [2.75, 3.05) is 0 Å². The molecule has 0 aromatic carbocycles. The molecule has 0 spiro atoms. The lowest BCUT2D eigenvalue weighted by Gasteiger charge is -2.04. The molecule has 6 heteroatoms. The minimum Gasteiger partial charge on any atom is -0.339 e. The zero-order chi connectivity index (χ0) is 11.7. The van der Waals surface area contributed by atoms with Gasteiger partial charge < -0.3 is 4.52 Å². The van der Waals surface area contributed by atoms with Gasteiger partial charge in [0.1, 0.15) is 6.33 Å². The Balaban J connectivity index is 1.46. The van der Waals surface area contributed by atoms with E-state index in [2.05, 4.69) is 25.3 Å². The summed E-state index contributed by atoms with van der Waals surface area (Å²) in [4.78, 5) is 8.52. The van der Waals surface area contributed by atoms with Gasteiger partial charge in [0.25, 0.3) is 0 Å². The smallest absolute Gasteiger partial charge is 0.239 e. The van der Waals surface area contributed by atoms with Crippen molar-refractivity contribution >= 4 is 0 Å². The Bertz CT molecular complexity index is 575. The fourth-order valence-electron chi connectivity index (χ4n) is 4.44. The first-order valence-electron chi connectivity index (χ1n) is 6.61. The average Bonchev–Trinajstić information content (AvgIpc) is 2.97. The van der Waals surface area contributed by atoms with E-state index in [0.29, 0.717) is 17.6 Å². The minimum atomic E-state index is 0.528. The van der Waals surface area contributed by atoms with E-state index in [1.54, 1.807) is 0 Å². The second kappa shape index (κ2) is 2.99. The minimum absolute atomic E-state index is 0.528. The van der Waals surface area contributed by atoms with Crippen LogP contribution in [0.4, 0.5) is 0 Å². The van der Waals surface area contributed by atoms with E-state index in [1.807, 2.05) is 0 Å². The van der Waals surface area contributed by atoms with Gasteiger partial charge in [0.15, 0.2) is 5.82 Å². The number of hydrogen-bond acceptors (Lipinski definition) is 5. The number of nitrogens with zero attached hydrogens (tertiary/aromatic N) is 4. The quantitative estimate of drug-likeness (QED) is 0.866. The maximum Gasteiger partial charge on any atom is 0.239 e. The molecule has 2 aromatic rings. The summed E-state index contributed by atoms with van der Waals surface area (Å²) in [6.45, 7) is 0. The van der Waals surface area contributed by atoms with Gasteiger partial charge in [-0.1, -0.05) is 5.16 Å². The van der Waals surface area contributed by atoms with Crippen LogP contribution < -0.4 is 0 Å². The van der Waals surface area contributed by atoms with Crippen LogP contribution >= 0.6 is 0 Å². The topological polar surface area (TPSA) is 80.5 Å². The standard InChI is InChI=1S/C12H13N5O/c1-2-6-3-5(1)7-8(6)9(7)12-15-11(17-18-12)10-13-4-14-16-10/h4-9H,1-3H2,(H,13,14,16). The van der Waals surface area contributed by atoms with Crippen LogP contribution in [0.25, 0.3) is 11.6 Å². The van der Waals surface area contributed by atoms with E-state index in [-0.39, 0.29) is 0 Å². The predicted molar refractivity (Wildman–Crippen MR) is 60.2 cm³/mol. The predicted octanol–water partition coefficient (Wildman–Crippen LogP) is 1.61. The number of aromatic amines is 1. The summed E-state index contributed by atoms with van der Waals surface area (Å²) in [5, 5.41) is 10.6. The molecule has 3 aliphatic carbocycles. The van der Waals surface area contributed by atoms with Crippen LogP contribution in [0.2, 0.25) is 0 Å². The van der Waals surface area contributed by atoms with Gasteiger partial charge >= 0.3 is 0 Å². The zero-order valence-electron chi connectivity index (χ0n) is 9.78. The van der Waals surface area contributed by atoms with Crippen molar-refractivity contribution in [3.8, 4) is 11.6 Å². The second-order valence-electron chi connectivity index (χ2n) is 5.80. The average molecular weight is 243 g/mol. The number of nitrogens with one attached hydrogen (secondary N) is 1. The Morgan fingerprint density at radius 3 is 2.78 bits per heavy atom. The van der Waals surface area contributed by atoms with Crippen LogP contribution in [0.3, 0.4) is 0 Å². The van der Waals surface area contributed by atoms with Crippen molar-refractivity contribution in [2.45, 2.75) is 25.2 Å². The van der Waals surface area contributed by atoms with Gasteiger partial charge in [-0.15, -0.1) is 0 Å². The maximum atomic E-state index is 5.42. The highest BCUT2D eigenvalue weighted by atomic mass is 16.5. The van der Waals surface area contributed by atoms with Crippen LogP contribution in [0.15, 0.2) is 10.9 Å². The summed E-state index contributed by atoms with van der Waals surface area (Å²) in [6.07, 6.45) is 5.71. The molecule has 6 nitrogen and oxygen atoms in total. The molecule has 2 aromatic heterocycles. The number of H-pyrrole nitrogens is 1. The lowest BCUT2D eigenvalue weighted by Crippen LogP contribution is -1.97. The Morgan fingerprint density at radius 1 is 1.22 bits per heavy atom. The summed E-state index contributed by atoms with van der Waals surface area (Å²) >= 11 is 0. The maximum absolute atomic E-state index is 5.42. The Labute approximate surface area is 103 Å². The molecule has 18 heavy (non-hydrogen) atoms. The number of hydrogen-bond donors (Lipinski definition) is 1. The van der Waals surface area contributed by atoms with E-state index in [9.17, 15) is 0 Å². The summed E-state index contributed by atoms with van der Waals surface area (Å²) < 4.78 is 5.42. The highest BCUT2D eigenvalue weighted by Gasteiger charge is 2.67.